The van der Waals surface area contributed by atoms with Crippen molar-refractivity contribution >= 4 is 56.4 Å². The molecule has 0 fully saturated rings. The number of methoxy groups -OCH3 is 2. The van der Waals surface area contributed by atoms with Crippen LogP contribution in [0.3, 0.4) is 0 Å². The summed E-state index contributed by atoms with van der Waals surface area (Å²) in [6, 6.07) is 4.73. The van der Waals surface area contributed by atoms with E-state index in [1.54, 1.807) is 32.0 Å². The lowest BCUT2D eigenvalue weighted by atomic mass is 10.1. The molecule has 8 nitrogen and oxygen atoms in total. The minimum Gasteiger partial charge on any atom is -0.495 e. The van der Waals surface area contributed by atoms with Gasteiger partial charge in [-0.1, -0.05) is 11.6 Å². The van der Waals surface area contributed by atoms with Gasteiger partial charge in [0.2, 0.25) is 0 Å². The number of hydrogen-bond acceptors (Lipinski definition) is 8. The molecular weight excluding hydrogens is 430 g/mol. The highest BCUT2D eigenvalue weighted by Crippen LogP contribution is 2.37. The average molecular weight is 450 g/mol. The number of nitrogen functional groups attached to an aromatic ring is 1. The molecule has 2 aromatic heterocycles. The Morgan fingerprint density at radius 3 is 2.53 bits per heavy atom. The Balaban J connectivity index is 2.00. The van der Waals surface area contributed by atoms with Gasteiger partial charge in [0, 0.05) is 17.5 Å². The molecule has 2 heterocycles. The number of amides is 1. The van der Waals surface area contributed by atoms with Crippen LogP contribution in [-0.4, -0.2) is 37.7 Å². The Morgan fingerprint density at radius 1 is 1.20 bits per heavy atom. The summed E-state index contributed by atoms with van der Waals surface area (Å²) in [6.07, 6.45) is 0. The van der Waals surface area contributed by atoms with Crippen molar-refractivity contribution in [2.24, 2.45) is 0 Å². The van der Waals surface area contributed by atoms with Crippen LogP contribution in [0.1, 0.15) is 32.6 Å². The van der Waals surface area contributed by atoms with Crippen LogP contribution in [0, 0.1) is 6.92 Å². The number of thiophene rings is 1. The lowest BCUT2D eigenvalue weighted by Gasteiger charge is -2.14. The Hall–Kier alpha value is -3.04. The molecular formula is C20H20ClN3O5S. The fourth-order valence-electron chi connectivity index (χ4n) is 2.85. The largest absolute Gasteiger partial charge is 0.495 e. The molecule has 0 aliphatic rings. The van der Waals surface area contributed by atoms with Crippen molar-refractivity contribution in [1.82, 2.24) is 4.98 Å². The minimum absolute atomic E-state index is 0.235. The summed E-state index contributed by atoms with van der Waals surface area (Å²) in [5.74, 6) is -0.174. The maximum atomic E-state index is 13.0. The third-order valence-corrected chi connectivity index (χ3v) is 5.73. The highest BCUT2D eigenvalue weighted by atomic mass is 35.5. The molecule has 10 heteroatoms. The van der Waals surface area contributed by atoms with Crippen LogP contribution in [0.2, 0.25) is 5.02 Å². The lowest BCUT2D eigenvalue weighted by molar-refractivity contribution is 0.0533. The Morgan fingerprint density at radius 2 is 1.90 bits per heavy atom. The second-order valence-corrected chi connectivity index (χ2v) is 7.59. The number of ether oxygens (including phenoxy) is 3. The van der Waals surface area contributed by atoms with E-state index in [0.29, 0.717) is 43.7 Å². The van der Waals surface area contributed by atoms with Gasteiger partial charge in [-0.3, -0.25) is 4.79 Å². The summed E-state index contributed by atoms with van der Waals surface area (Å²) < 4.78 is 15.5. The number of nitrogens with zero attached hydrogens (tertiary/aromatic N) is 1. The number of fused-ring (bicyclic) bond motifs is 1. The Kier molecular flexibility index (Phi) is 6.33. The first-order valence-electron chi connectivity index (χ1n) is 8.90. The molecule has 0 aliphatic carbocycles. The van der Waals surface area contributed by atoms with E-state index in [1.807, 2.05) is 0 Å². The predicted octanol–water partition coefficient (Wildman–Crippen LogP) is 4.29. The fourth-order valence-corrected chi connectivity index (χ4v) is 4.10. The van der Waals surface area contributed by atoms with E-state index in [4.69, 9.17) is 31.5 Å². The number of esters is 1. The van der Waals surface area contributed by atoms with E-state index in [2.05, 4.69) is 10.3 Å². The summed E-state index contributed by atoms with van der Waals surface area (Å²) >= 11 is 7.24. The summed E-state index contributed by atoms with van der Waals surface area (Å²) in [4.78, 5) is 30.3. The molecule has 1 aromatic carbocycles. The zero-order valence-corrected chi connectivity index (χ0v) is 18.4. The molecule has 0 aliphatic heterocycles. The maximum Gasteiger partial charge on any atom is 0.350 e. The maximum absolute atomic E-state index is 13.0. The second kappa shape index (κ2) is 8.76. The lowest BCUT2D eigenvalue weighted by Crippen LogP contribution is -2.15. The number of aromatic nitrogens is 1. The molecule has 3 aromatic rings. The number of nitrogens with two attached hydrogens (primary N) is 1. The smallest absolute Gasteiger partial charge is 0.350 e. The Bertz CT molecular complexity index is 1150. The zero-order chi connectivity index (χ0) is 22.0. The van der Waals surface area contributed by atoms with Gasteiger partial charge in [-0.05, 0) is 19.9 Å². The highest BCUT2D eigenvalue weighted by molar-refractivity contribution is 7.21. The summed E-state index contributed by atoms with van der Waals surface area (Å²) in [7, 11) is 2.94. The SMILES string of the molecule is CCOC(=O)c1sc2nc(C)c(C(=O)Nc3cc(OC)c(Cl)cc3OC)cc2c1N. The summed E-state index contributed by atoms with van der Waals surface area (Å²) in [6.45, 7) is 3.65. The zero-order valence-electron chi connectivity index (χ0n) is 16.8. The van der Waals surface area contributed by atoms with E-state index < -0.39 is 11.9 Å². The van der Waals surface area contributed by atoms with Crippen LogP contribution in [0.15, 0.2) is 18.2 Å². The van der Waals surface area contributed by atoms with Gasteiger partial charge in [0.25, 0.3) is 5.91 Å². The van der Waals surface area contributed by atoms with Crippen LogP contribution >= 0.6 is 22.9 Å². The van der Waals surface area contributed by atoms with Crippen molar-refractivity contribution in [3.8, 4) is 11.5 Å². The number of anilines is 2. The molecule has 3 N–H and O–H groups in total. The van der Waals surface area contributed by atoms with E-state index in [1.165, 1.54) is 14.2 Å². The monoisotopic (exact) mass is 449 g/mol. The normalized spacial score (nSPS) is 10.7. The number of aryl methyl sites for hydroxylation is 1. The topological polar surface area (TPSA) is 113 Å². The molecule has 3 rings (SSSR count). The van der Waals surface area contributed by atoms with Gasteiger partial charge >= 0.3 is 5.97 Å². The molecule has 158 valence electrons. The third-order valence-electron chi connectivity index (χ3n) is 4.34. The van der Waals surface area contributed by atoms with Crippen molar-refractivity contribution in [2.45, 2.75) is 13.8 Å². The minimum atomic E-state index is -0.514. The fraction of sp³-hybridized carbons (Fsp3) is 0.250. The molecule has 0 saturated carbocycles. The number of pyridine rings is 1. The van der Waals surface area contributed by atoms with Crippen LogP contribution in [0.25, 0.3) is 10.2 Å². The van der Waals surface area contributed by atoms with Gasteiger partial charge < -0.3 is 25.3 Å². The number of benzene rings is 1. The average Bonchev–Trinajstić information content (AvgIpc) is 3.03. The second-order valence-electron chi connectivity index (χ2n) is 6.18. The third kappa shape index (κ3) is 3.99. The van der Waals surface area contributed by atoms with Crippen LogP contribution in [0.5, 0.6) is 11.5 Å². The quantitative estimate of drug-likeness (QED) is 0.540. The van der Waals surface area contributed by atoms with Crippen LogP contribution in [-0.2, 0) is 4.74 Å². The molecule has 0 radical (unpaired) electrons. The number of carbonyl (C=O) groups is 2. The number of rotatable bonds is 6. The van der Waals surface area contributed by atoms with E-state index in [-0.39, 0.29) is 17.2 Å². The summed E-state index contributed by atoms with van der Waals surface area (Å²) in [5.41, 5.74) is 7.54. The first-order valence-corrected chi connectivity index (χ1v) is 10.1. The standard InChI is InChI=1S/C20H20ClN3O5S/c1-5-29-20(26)17-16(22)11-6-10(9(2)23-19(11)30-17)18(25)24-13-8-14(27-3)12(21)7-15(13)28-4/h6-8H,5,22H2,1-4H3,(H,24,25). The first kappa shape index (κ1) is 21.7. The van der Waals surface area contributed by atoms with Gasteiger partial charge in [0.1, 0.15) is 21.2 Å². The van der Waals surface area contributed by atoms with Gasteiger partial charge in [-0.15, -0.1) is 11.3 Å². The van der Waals surface area contributed by atoms with Gasteiger partial charge in [0.05, 0.1) is 48.5 Å². The van der Waals surface area contributed by atoms with Crippen LogP contribution < -0.4 is 20.5 Å². The van der Waals surface area contributed by atoms with E-state index in [9.17, 15) is 9.59 Å². The predicted molar refractivity (Wildman–Crippen MR) is 117 cm³/mol. The molecule has 0 unspecified atom stereocenters. The number of hydrogen-bond donors (Lipinski definition) is 2. The molecule has 0 spiro atoms. The highest BCUT2D eigenvalue weighted by Gasteiger charge is 2.22. The number of halogens is 1. The van der Waals surface area contributed by atoms with Crippen molar-refractivity contribution in [3.63, 3.8) is 0 Å². The van der Waals surface area contributed by atoms with E-state index in [0.717, 1.165) is 11.3 Å². The van der Waals surface area contributed by atoms with Crippen LogP contribution in [0.4, 0.5) is 11.4 Å². The van der Waals surface area contributed by atoms with Crippen molar-refractivity contribution in [2.75, 3.05) is 31.9 Å². The molecule has 0 atom stereocenters. The summed E-state index contributed by atoms with van der Waals surface area (Å²) in [5, 5.41) is 3.65. The first-order chi connectivity index (χ1) is 14.3. The van der Waals surface area contributed by atoms with E-state index >= 15 is 0 Å². The van der Waals surface area contributed by atoms with Crippen molar-refractivity contribution in [3.05, 3.63) is 39.4 Å². The van der Waals surface area contributed by atoms with Gasteiger partial charge in [-0.2, -0.15) is 0 Å². The van der Waals surface area contributed by atoms with Gasteiger partial charge in [0.15, 0.2) is 0 Å². The molecule has 0 bridgehead atoms. The van der Waals surface area contributed by atoms with Crippen molar-refractivity contribution in [1.29, 1.82) is 0 Å². The molecule has 30 heavy (non-hydrogen) atoms. The number of carbonyl (C=O) groups excluding carboxylic acids is 2. The van der Waals surface area contributed by atoms with Gasteiger partial charge in [-0.25, -0.2) is 9.78 Å². The molecule has 0 saturated heterocycles. The number of nitrogens with one attached hydrogen (secondary N) is 1. The Labute approximate surface area is 181 Å². The van der Waals surface area contributed by atoms with Crippen molar-refractivity contribution < 1.29 is 23.8 Å². The molecule has 1 amide bonds.